The molecular formula is C22H25N3O2. The predicted molar refractivity (Wildman–Crippen MR) is 109 cm³/mol. The van der Waals surface area contributed by atoms with Crippen molar-refractivity contribution in [3.63, 3.8) is 0 Å². The zero-order valence-electron chi connectivity index (χ0n) is 16.0. The van der Waals surface area contributed by atoms with Gasteiger partial charge in [-0.25, -0.2) is 0 Å². The van der Waals surface area contributed by atoms with E-state index in [1.54, 1.807) is 7.05 Å². The average Bonchev–Trinajstić information content (AvgIpc) is 3.06. The standard InChI is InChI=1S/C22H25N3O2/c1-16-7-6-9-19(17(16)2)23-21(26)15-24(3)22(27)12-14-25-13-11-18-8-4-5-10-20(18)25/h4-11,13H,12,14-15H2,1-3H3,(H,23,26). The normalized spacial score (nSPS) is 10.8. The van der Waals surface area contributed by atoms with Crippen LogP contribution in [0.25, 0.3) is 10.9 Å². The van der Waals surface area contributed by atoms with Gasteiger partial charge in [0.1, 0.15) is 0 Å². The van der Waals surface area contributed by atoms with Crippen LogP contribution in [0.5, 0.6) is 0 Å². The number of likely N-dealkylation sites (N-methyl/N-ethyl adjacent to an activating group) is 1. The lowest BCUT2D eigenvalue weighted by Crippen LogP contribution is -2.35. The molecule has 1 N–H and O–H groups in total. The first-order valence-electron chi connectivity index (χ1n) is 9.09. The fourth-order valence-electron chi connectivity index (χ4n) is 3.12. The van der Waals surface area contributed by atoms with Gasteiger partial charge in [-0.2, -0.15) is 0 Å². The number of para-hydroxylation sites is 1. The van der Waals surface area contributed by atoms with Crippen molar-refractivity contribution in [2.24, 2.45) is 0 Å². The van der Waals surface area contributed by atoms with Crippen LogP contribution in [-0.4, -0.2) is 34.9 Å². The molecule has 2 aromatic carbocycles. The van der Waals surface area contributed by atoms with Crippen molar-refractivity contribution < 1.29 is 9.59 Å². The molecule has 0 spiro atoms. The van der Waals surface area contributed by atoms with Crippen LogP contribution in [0.3, 0.4) is 0 Å². The molecule has 140 valence electrons. The third-order valence-electron chi connectivity index (χ3n) is 4.93. The van der Waals surface area contributed by atoms with Gasteiger partial charge in [0.25, 0.3) is 0 Å². The first-order valence-corrected chi connectivity index (χ1v) is 9.09. The van der Waals surface area contributed by atoms with Crippen LogP contribution < -0.4 is 5.32 Å². The molecule has 0 unspecified atom stereocenters. The highest BCUT2D eigenvalue weighted by Crippen LogP contribution is 2.18. The Morgan fingerprint density at radius 1 is 1.04 bits per heavy atom. The number of carbonyl (C=O) groups excluding carboxylic acids is 2. The van der Waals surface area contributed by atoms with E-state index < -0.39 is 0 Å². The number of carbonyl (C=O) groups is 2. The highest BCUT2D eigenvalue weighted by Gasteiger charge is 2.14. The van der Waals surface area contributed by atoms with Crippen molar-refractivity contribution in [1.82, 2.24) is 9.47 Å². The molecule has 0 atom stereocenters. The largest absolute Gasteiger partial charge is 0.347 e. The van der Waals surface area contributed by atoms with Gasteiger partial charge in [0.15, 0.2) is 0 Å². The summed E-state index contributed by atoms with van der Waals surface area (Å²) in [6.45, 7) is 4.61. The molecule has 2 amide bonds. The van der Waals surface area contributed by atoms with E-state index in [-0.39, 0.29) is 18.4 Å². The molecule has 0 fully saturated rings. The first-order chi connectivity index (χ1) is 13.0. The summed E-state index contributed by atoms with van der Waals surface area (Å²) in [4.78, 5) is 26.2. The van der Waals surface area contributed by atoms with Crippen LogP contribution in [0.15, 0.2) is 54.7 Å². The van der Waals surface area contributed by atoms with Crippen LogP contribution in [0.1, 0.15) is 17.5 Å². The Bertz CT molecular complexity index is 975. The summed E-state index contributed by atoms with van der Waals surface area (Å²) in [5, 5.41) is 4.05. The highest BCUT2D eigenvalue weighted by molar-refractivity contribution is 5.95. The second-order valence-electron chi connectivity index (χ2n) is 6.86. The monoisotopic (exact) mass is 363 g/mol. The van der Waals surface area contributed by atoms with Gasteiger partial charge in [-0.15, -0.1) is 0 Å². The van der Waals surface area contributed by atoms with Gasteiger partial charge in [0, 0.05) is 37.4 Å². The van der Waals surface area contributed by atoms with E-state index in [0.29, 0.717) is 13.0 Å². The van der Waals surface area contributed by atoms with Crippen LogP contribution in [0.2, 0.25) is 0 Å². The molecule has 5 nitrogen and oxygen atoms in total. The number of amides is 2. The zero-order chi connectivity index (χ0) is 19.4. The Balaban J connectivity index is 1.54. The Morgan fingerprint density at radius 3 is 2.63 bits per heavy atom. The number of benzene rings is 2. The Morgan fingerprint density at radius 2 is 1.81 bits per heavy atom. The number of hydrogen-bond acceptors (Lipinski definition) is 2. The van der Waals surface area contributed by atoms with Gasteiger partial charge >= 0.3 is 0 Å². The SMILES string of the molecule is Cc1cccc(NC(=O)CN(C)C(=O)CCn2ccc3ccccc32)c1C. The molecule has 3 aromatic rings. The molecule has 0 saturated heterocycles. The van der Waals surface area contributed by atoms with Crippen LogP contribution in [0, 0.1) is 13.8 Å². The number of nitrogens with zero attached hydrogens (tertiary/aromatic N) is 2. The van der Waals surface area contributed by atoms with Crippen molar-refractivity contribution in [3.05, 3.63) is 65.9 Å². The lowest BCUT2D eigenvalue weighted by atomic mass is 10.1. The Kier molecular flexibility index (Phi) is 5.60. The van der Waals surface area contributed by atoms with E-state index in [1.807, 2.05) is 62.5 Å². The molecule has 0 aliphatic rings. The van der Waals surface area contributed by atoms with Gasteiger partial charge in [0.2, 0.25) is 11.8 Å². The third-order valence-corrected chi connectivity index (χ3v) is 4.93. The van der Waals surface area contributed by atoms with Crippen molar-refractivity contribution in [3.8, 4) is 0 Å². The molecule has 0 saturated carbocycles. The molecule has 1 aromatic heterocycles. The molecule has 1 heterocycles. The molecule has 3 rings (SSSR count). The number of aromatic nitrogens is 1. The van der Waals surface area contributed by atoms with Gasteiger partial charge in [-0.1, -0.05) is 30.3 Å². The molecule has 0 bridgehead atoms. The van der Waals surface area contributed by atoms with Crippen molar-refractivity contribution >= 4 is 28.4 Å². The average molecular weight is 363 g/mol. The second-order valence-corrected chi connectivity index (χ2v) is 6.86. The maximum absolute atomic E-state index is 12.4. The fraction of sp³-hybridized carbons (Fsp3) is 0.273. The molecular weight excluding hydrogens is 338 g/mol. The summed E-state index contributed by atoms with van der Waals surface area (Å²) in [5.41, 5.74) is 4.07. The topological polar surface area (TPSA) is 54.3 Å². The van der Waals surface area contributed by atoms with Crippen molar-refractivity contribution in [1.29, 1.82) is 0 Å². The highest BCUT2D eigenvalue weighted by atomic mass is 16.2. The Hall–Kier alpha value is -3.08. The van der Waals surface area contributed by atoms with Gasteiger partial charge < -0.3 is 14.8 Å². The molecule has 0 aliphatic heterocycles. The molecule has 0 aliphatic carbocycles. The van der Waals surface area contributed by atoms with E-state index in [1.165, 1.54) is 4.90 Å². The predicted octanol–water partition coefficient (Wildman–Crippen LogP) is 3.75. The minimum absolute atomic E-state index is 0.0403. The zero-order valence-corrected chi connectivity index (χ0v) is 16.0. The number of nitrogens with one attached hydrogen (secondary N) is 1. The molecule has 27 heavy (non-hydrogen) atoms. The minimum Gasteiger partial charge on any atom is -0.347 e. The van der Waals surface area contributed by atoms with E-state index >= 15 is 0 Å². The molecule has 5 heteroatoms. The third kappa shape index (κ3) is 4.37. The summed E-state index contributed by atoms with van der Waals surface area (Å²) in [5.74, 6) is -0.241. The van der Waals surface area contributed by atoms with Gasteiger partial charge in [-0.3, -0.25) is 9.59 Å². The summed E-state index contributed by atoms with van der Waals surface area (Å²) >= 11 is 0. The number of hydrogen-bond donors (Lipinski definition) is 1. The maximum Gasteiger partial charge on any atom is 0.243 e. The number of rotatable bonds is 6. The van der Waals surface area contributed by atoms with Crippen molar-refractivity contribution in [2.75, 3.05) is 18.9 Å². The van der Waals surface area contributed by atoms with E-state index in [9.17, 15) is 9.59 Å². The number of aryl methyl sites for hydroxylation is 2. The Labute approximate surface area is 159 Å². The molecule has 0 radical (unpaired) electrons. The summed E-state index contributed by atoms with van der Waals surface area (Å²) in [7, 11) is 1.67. The second kappa shape index (κ2) is 8.08. The van der Waals surface area contributed by atoms with Gasteiger partial charge in [0.05, 0.1) is 6.54 Å². The van der Waals surface area contributed by atoms with Crippen LogP contribution >= 0.6 is 0 Å². The quantitative estimate of drug-likeness (QED) is 0.725. The first kappa shape index (κ1) is 18.7. The van der Waals surface area contributed by atoms with Crippen molar-refractivity contribution in [2.45, 2.75) is 26.8 Å². The maximum atomic E-state index is 12.4. The van der Waals surface area contributed by atoms with Crippen LogP contribution in [-0.2, 0) is 16.1 Å². The van der Waals surface area contributed by atoms with Gasteiger partial charge in [-0.05, 0) is 48.6 Å². The smallest absolute Gasteiger partial charge is 0.243 e. The number of anilines is 1. The number of fused-ring (bicyclic) bond motifs is 1. The summed E-state index contributed by atoms with van der Waals surface area (Å²) < 4.78 is 2.07. The minimum atomic E-state index is -0.189. The van der Waals surface area contributed by atoms with Crippen LogP contribution in [0.4, 0.5) is 5.69 Å². The van der Waals surface area contributed by atoms with E-state index in [0.717, 1.165) is 27.7 Å². The lowest BCUT2D eigenvalue weighted by molar-refractivity contribution is -0.133. The lowest BCUT2D eigenvalue weighted by Gasteiger charge is -2.18. The van der Waals surface area contributed by atoms with E-state index in [2.05, 4.69) is 16.0 Å². The summed E-state index contributed by atoms with van der Waals surface area (Å²) in [6.07, 6.45) is 2.34. The van der Waals surface area contributed by atoms with E-state index in [4.69, 9.17) is 0 Å². The summed E-state index contributed by atoms with van der Waals surface area (Å²) in [6, 6.07) is 15.9. The fourth-order valence-corrected chi connectivity index (χ4v) is 3.12.